The van der Waals surface area contributed by atoms with Crippen LogP contribution in [0.5, 0.6) is 0 Å². The molecule has 0 N–H and O–H groups in total. The van der Waals surface area contributed by atoms with Gasteiger partial charge >= 0.3 is 0 Å². The molecule has 0 aromatic heterocycles. The summed E-state index contributed by atoms with van der Waals surface area (Å²) in [6.45, 7) is 4.63. The molecule has 2 nitrogen and oxygen atoms in total. The van der Waals surface area contributed by atoms with Crippen molar-refractivity contribution in [1.29, 1.82) is 0 Å². The van der Waals surface area contributed by atoms with Crippen molar-refractivity contribution in [1.82, 2.24) is 4.90 Å². The molecule has 0 saturated carbocycles. The number of hydrogen-bond donors (Lipinski definition) is 0. The Balaban J connectivity index is 3.15. The molecule has 0 radical (unpaired) electrons. The quantitative estimate of drug-likeness (QED) is 0.296. The van der Waals surface area contributed by atoms with E-state index in [0.29, 0.717) is 0 Å². The average Bonchev–Trinajstić information content (AvgIpc) is 2.47. The van der Waals surface area contributed by atoms with Gasteiger partial charge in [0.25, 0.3) is 0 Å². The van der Waals surface area contributed by atoms with Gasteiger partial charge in [-0.2, -0.15) is 0 Å². The SMILES string of the molecule is CCCCCCCCCCCCCC=CCN(C)C(C)=O. The van der Waals surface area contributed by atoms with Gasteiger partial charge in [0, 0.05) is 20.5 Å². The summed E-state index contributed by atoms with van der Waals surface area (Å²) in [6.07, 6.45) is 20.8. The zero-order valence-corrected chi connectivity index (χ0v) is 14.7. The fourth-order valence-electron chi connectivity index (χ4n) is 2.41. The molecule has 0 aliphatic heterocycles. The highest BCUT2D eigenvalue weighted by Gasteiger charge is 1.96. The molecule has 1 amide bonds. The summed E-state index contributed by atoms with van der Waals surface area (Å²) in [7, 11) is 1.84. The van der Waals surface area contributed by atoms with Crippen LogP contribution in [0, 0.1) is 0 Å². The topological polar surface area (TPSA) is 20.3 Å². The molecule has 0 bridgehead atoms. The molecule has 0 aliphatic rings. The molecule has 0 aliphatic carbocycles. The predicted octanol–water partition coefficient (Wildman–Crippen LogP) is 5.72. The Morgan fingerprint density at radius 3 is 1.76 bits per heavy atom. The molecule has 0 aromatic rings. The lowest BCUT2D eigenvalue weighted by atomic mass is 10.1. The van der Waals surface area contributed by atoms with E-state index in [1.54, 1.807) is 11.8 Å². The Kier molecular flexibility index (Phi) is 15.0. The van der Waals surface area contributed by atoms with Crippen molar-refractivity contribution in [2.75, 3.05) is 13.6 Å². The second kappa shape index (κ2) is 15.6. The van der Waals surface area contributed by atoms with Crippen molar-refractivity contribution in [3.63, 3.8) is 0 Å². The molecule has 21 heavy (non-hydrogen) atoms. The zero-order valence-electron chi connectivity index (χ0n) is 14.7. The standard InChI is InChI=1S/C19H37NO/c1-4-5-6-7-8-9-10-11-12-13-14-15-16-17-18-20(3)19(2)21/h16-17H,4-15,18H2,1-3H3. The number of rotatable bonds is 14. The van der Waals surface area contributed by atoms with Gasteiger partial charge in [0.05, 0.1) is 0 Å². The predicted molar refractivity (Wildman–Crippen MR) is 93.5 cm³/mol. The number of unbranched alkanes of at least 4 members (excludes halogenated alkanes) is 11. The summed E-state index contributed by atoms with van der Waals surface area (Å²) in [5.74, 6) is 0.134. The third-order valence-corrected chi connectivity index (χ3v) is 4.06. The lowest BCUT2D eigenvalue weighted by molar-refractivity contribution is -0.127. The second-order valence-electron chi connectivity index (χ2n) is 6.20. The van der Waals surface area contributed by atoms with Crippen LogP contribution in [0.1, 0.15) is 90.9 Å². The van der Waals surface area contributed by atoms with Crippen LogP contribution < -0.4 is 0 Å². The number of hydrogen-bond acceptors (Lipinski definition) is 1. The van der Waals surface area contributed by atoms with Gasteiger partial charge in [-0.05, 0) is 12.8 Å². The first kappa shape index (κ1) is 20.2. The molecule has 0 spiro atoms. The lowest BCUT2D eigenvalue weighted by Gasteiger charge is -2.10. The normalized spacial score (nSPS) is 11.2. The van der Waals surface area contributed by atoms with Gasteiger partial charge in [-0.15, -0.1) is 0 Å². The van der Waals surface area contributed by atoms with Gasteiger partial charge in [0.1, 0.15) is 0 Å². The molecule has 0 unspecified atom stereocenters. The van der Waals surface area contributed by atoms with E-state index in [1.165, 1.54) is 70.6 Å². The van der Waals surface area contributed by atoms with Crippen LogP contribution in [0.15, 0.2) is 12.2 Å². The summed E-state index contributed by atoms with van der Waals surface area (Å²) < 4.78 is 0. The van der Waals surface area contributed by atoms with Gasteiger partial charge in [-0.1, -0.05) is 83.3 Å². The first-order chi connectivity index (χ1) is 10.2. The van der Waals surface area contributed by atoms with Crippen LogP contribution in [0.3, 0.4) is 0 Å². The van der Waals surface area contributed by atoms with E-state index < -0.39 is 0 Å². The summed E-state index contributed by atoms with van der Waals surface area (Å²) in [5, 5.41) is 0. The monoisotopic (exact) mass is 295 g/mol. The van der Waals surface area contributed by atoms with Crippen LogP contribution in [0.2, 0.25) is 0 Å². The van der Waals surface area contributed by atoms with E-state index in [0.717, 1.165) is 13.0 Å². The second-order valence-corrected chi connectivity index (χ2v) is 6.20. The molecular formula is C19H37NO. The number of carbonyl (C=O) groups excluding carboxylic acids is 1. The minimum atomic E-state index is 0.134. The highest BCUT2D eigenvalue weighted by Crippen LogP contribution is 2.11. The number of nitrogens with zero attached hydrogens (tertiary/aromatic N) is 1. The third kappa shape index (κ3) is 15.4. The fraction of sp³-hybridized carbons (Fsp3) is 0.842. The minimum Gasteiger partial charge on any atom is -0.342 e. The van der Waals surface area contributed by atoms with Crippen LogP contribution in [-0.4, -0.2) is 24.4 Å². The van der Waals surface area contributed by atoms with Gasteiger partial charge in [0.15, 0.2) is 0 Å². The molecule has 124 valence electrons. The van der Waals surface area contributed by atoms with E-state index in [2.05, 4.69) is 19.1 Å². The Hall–Kier alpha value is -0.790. The molecule has 0 heterocycles. The highest BCUT2D eigenvalue weighted by molar-refractivity contribution is 5.72. The molecule has 0 aromatic carbocycles. The molecule has 0 saturated heterocycles. The van der Waals surface area contributed by atoms with Gasteiger partial charge in [-0.3, -0.25) is 4.79 Å². The van der Waals surface area contributed by atoms with Crippen molar-refractivity contribution >= 4 is 5.91 Å². The van der Waals surface area contributed by atoms with Crippen molar-refractivity contribution in [3.05, 3.63) is 12.2 Å². The molecule has 0 atom stereocenters. The fourth-order valence-corrected chi connectivity index (χ4v) is 2.41. The van der Waals surface area contributed by atoms with E-state index in [1.807, 2.05) is 7.05 Å². The Morgan fingerprint density at radius 2 is 1.29 bits per heavy atom. The first-order valence-corrected chi connectivity index (χ1v) is 9.05. The van der Waals surface area contributed by atoms with Crippen LogP contribution in [0.25, 0.3) is 0 Å². The van der Waals surface area contributed by atoms with E-state index in [9.17, 15) is 4.79 Å². The molecular weight excluding hydrogens is 258 g/mol. The summed E-state index contributed by atoms with van der Waals surface area (Å²) in [4.78, 5) is 12.7. The maximum absolute atomic E-state index is 11.0. The van der Waals surface area contributed by atoms with Gasteiger partial charge in [0.2, 0.25) is 5.91 Å². The van der Waals surface area contributed by atoms with Crippen LogP contribution in [0.4, 0.5) is 0 Å². The Morgan fingerprint density at radius 1 is 0.810 bits per heavy atom. The zero-order chi connectivity index (χ0) is 15.8. The van der Waals surface area contributed by atoms with E-state index in [4.69, 9.17) is 0 Å². The summed E-state index contributed by atoms with van der Waals surface area (Å²) in [6, 6.07) is 0. The van der Waals surface area contributed by atoms with Crippen LogP contribution in [-0.2, 0) is 4.79 Å². The summed E-state index contributed by atoms with van der Waals surface area (Å²) >= 11 is 0. The largest absolute Gasteiger partial charge is 0.342 e. The molecule has 0 fully saturated rings. The maximum atomic E-state index is 11.0. The third-order valence-electron chi connectivity index (χ3n) is 4.06. The van der Waals surface area contributed by atoms with Gasteiger partial charge < -0.3 is 4.90 Å². The Bertz CT molecular complexity index is 260. The van der Waals surface area contributed by atoms with Crippen molar-refractivity contribution in [2.45, 2.75) is 90.9 Å². The summed E-state index contributed by atoms with van der Waals surface area (Å²) in [5.41, 5.74) is 0. The van der Waals surface area contributed by atoms with Gasteiger partial charge in [-0.25, -0.2) is 0 Å². The van der Waals surface area contributed by atoms with Crippen molar-refractivity contribution in [2.24, 2.45) is 0 Å². The van der Waals surface area contributed by atoms with E-state index >= 15 is 0 Å². The minimum absolute atomic E-state index is 0.134. The van der Waals surface area contributed by atoms with Crippen molar-refractivity contribution in [3.8, 4) is 0 Å². The van der Waals surface area contributed by atoms with Crippen LogP contribution >= 0.6 is 0 Å². The smallest absolute Gasteiger partial charge is 0.219 e. The Labute approximate surface area is 133 Å². The molecule has 0 rings (SSSR count). The first-order valence-electron chi connectivity index (χ1n) is 9.05. The number of carbonyl (C=O) groups is 1. The van der Waals surface area contributed by atoms with E-state index in [-0.39, 0.29) is 5.91 Å². The molecule has 2 heteroatoms. The highest BCUT2D eigenvalue weighted by atomic mass is 16.2. The number of amides is 1. The number of allylic oxidation sites excluding steroid dienone is 1. The average molecular weight is 296 g/mol. The van der Waals surface area contributed by atoms with Crippen molar-refractivity contribution < 1.29 is 4.79 Å². The maximum Gasteiger partial charge on any atom is 0.219 e. The lowest BCUT2D eigenvalue weighted by Crippen LogP contribution is -2.23. The number of likely N-dealkylation sites (N-methyl/N-ethyl adjacent to an activating group) is 1.